The molecule has 0 aromatic rings. The minimum atomic E-state index is -0.430. The van der Waals surface area contributed by atoms with E-state index in [1.54, 1.807) is 0 Å². The summed E-state index contributed by atoms with van der Waals surface area (Å²) in [6, 6.07) is 0. The fourth-order valence-electron chi connectivity index (χ4n) is 0.677. The summed E-state index contributed by atoms with van der Waals surface area (Å²) in [4.78, 5) is 11.4. The Morgan fingerprint density at radius 1 is 1.38 bits per heavy atom. The lowest BCUT2D eigenvalue weighted by molar-refractivity contribution is -0.160. The number of carbonyl (C=O) groups is 1. The molecule has 3 nitrogen and oxygen atoms in total. The summed E-state index contributed by atoms with van der Waals surface area (Å²) < 4.78 is 10.3. The number of esters is 1. The van der Waals surface area contributed by atoms with Crippen LogP contribution in [0.25, 0.3) is 0 Å². The number of rotatable bonds is 4. The zero-order valence-electron chi connectivity index (χ0n) is 9.22. The van der Waals surface area contributed by atoms with Gasteiger partial charge in [-0.05, 0) is 34.6 Å². The molecule has 0 rings (SSSR count). The lowest BCUT2D eigenvalue weighted by Gasteiger charge is -2.20. The molecule has 78 valence electrons. The van der Waals surface area contributed by atoms with E-state index in [0.717, 1.165) is 0 Å². The van der Waals surface area contributed by atoms with Crippen molar-refractivity contribution in [3.63, 3.8) is 0 Å². The molecule has 0 aromatic heterocycles. The summed E-state index contributed by atoms with van der Waals surface area (Å²) in [5, 5.41) is 0. The molecule has 0 saturated carbocycles. The van der Waals surface area contributed by atoms with Gasteiger partial charge in [0.05, 0.1) is 12.0 Å². The highest BCUT2D eigenvalue weighted by Gasteiger charge is 2.24. The Bertz CT molecular complexity index is 158. The predicted molar refractivity (Wildman–Crippen MR) is 51.5 cm³/mol. The van der Waals surface area contributed by atoms with E-state index in [2.05, 4.69) is 0 Å². The van der Waals surface area contributed by atoms with Gasteiger partial charge in [0.2, 0.25) is 0 Å². The molecule has 3 heteroatoms. The first kappa shape index (κ1) is 12.4. The monoisotopic (exact) mass is 188 g/mol. The first-order chi connectivity index (χ1) is 5.88. The van der Waals surface area contributed by atoms with Gasteiger partial charge in [-0.3, -0.25) is 4.79 Å². The van der Waals surface area contributed by atoms with Crippen molar-refractivity contribution in [3.8, 4) is 0 Å². The van der Waals surface area contributed by atoms with Crippen LogP contribution in [-0.2, 0) is 14.3 Å². The third kappa shape index (κ3) is 5.64. The van der Waals surface area contributed by atoms with E-state index >= 15 is 0 Å². The average Bonchev–Trinajstić information content (AvgIpc) is 1.99. The van der Waals surface area contributed by atoms with E-state index in [0.29, 0.717) is 13.2 Å². The van der Waals surface area contributed by atoms with Crippen molar-refractivity contribution < 1.29 is 14.3 Å². The molecule has 0 spiro atoms. The van der Waals surface area contributed by atoms with Crippen LogP contribution in [-0.4, -0.2) is 25.3 Å². The van der Waals surface area contributed by atoms with Crippen molar-refractivity contribution in [1.82, 2.24) is 0 Å². The second-order valence-corrected chi connectivity index (χ2v) is 4.13. The molecule has 0 saturated heterocycles. The molecule has 0 amide bonds. The van der Waals surface area contributed by atoms with Crippen LogP contribution < -0.4 is 0 Å². The Labute approximate surface area is 80.4 Å². The topological polar surface area (TPSA) is 35.5 Å². The van der Waals surface area contributed by atoms with E-state index in [9.17, 15) is 4.79 Å². The Morgan fingerprint density at radius 2 is 1.92 bits per heavy atom. The van der Waals surface area contributed by atoms with E-state index in [1.807, 2.05) is 34.6 Å². The van der Waals surface area contributed by atoms with Crippen LogP contribution in [0.5, 0.6) is 0 Å². The third-order valence-corrected chi connectivity index (χ3v) is 1.48. The van der Waals surface area contributed by atoms with E-state index in [1.165, 1.54) is 0 Å². The van der Waals surface area contributed by atoms with Crippen molar-refractivity contribution in [2.24, 2.45) is 5.41 Å². The molecule has 0 radical (unpaired) electrons. The van der Waals surface area contributed by atoms with Crippen LogP contribution in [0, 0.1) is 5.41 Å². The Morgan fingerprint density at radius 3 is 2.31 bits per heavy atom. The smallest absolute Gasteiger partial charge is 0.311 e. The summed E-state index contributed by atoms with van der Waals surface area (Å²) >= 11 is 0. The van der Waals surface area contributed by atoms with Crippen LogP contribution >= 0.6 is 0 Å². The molecule has 0 aromatic carbocycles. The Kier molecular flexibility index (Phi) is 4.99. The standard InChI is InChI=1S/C10H20O3/c1-6-12-7-8(2)13-9(11)10(3,4)5/h8H,6-7H2,1-5H3. The minimum absolute atomic E-state index is 0.160. The van der Waals surface area contributed by atoms with Crippen molar-refractivity contribution in [3.05, 3.63) is 0 Å². The van der Waals surface area contributed by atoms with Gasteiger partial charge in [-0.1, -0.05) is 0 Å². The van der Waals surface area contributed by atoms with Gasteiger partial charge < -0.3 is 9.47 Å². The highest BCUT2D eigenvalue weighted by molar-refractivity contribution is 5.75. The lowest BCUT2D eigenvalue weighted by Crippen LogP contribution is -2.29. The lowest BCUT2D eigenvalue weighted by atomic mass is 9.97. The molecule has 0 fully saturated rings. The maximum atomic E-state index is 11.4. The largest absolute Gasteiger partial charge is 0.460 e. The molecule has 1 atom stereocenters. The van der Waals surface area contributed by atoms with Crippen molar-refractivity contribution in [2.45, 2.75) is 40.7 Å². The molecule has 0 heterocycles. The summed E-state index contributed by atoms with van der Waals surface area (Å²) in [6.45, 7) is 10.4. The predicted octanol–water partition coefficient (Wildman–Crippen LogP) is 2.00. The quantitative estimate of drug-likeness (QED) is 0.633. The van der Waals surface area contributed by atoms with Crippen LogP contribution in [0.2, 0.25) is 0 Å². The van der Waals surface area contributed by atoms with E-state index in [4.69, 9.17) is 9.47 Å². The molecular weight excluding hydrogens is 168 g/mol. The van der Waals surface area contributed by atoms with Gasteiger partial charge in [-0.2, -0.15) is 0 Å². The molecule has 0 aliphatic carbocycles. The van der Waals surface area contributed by atoms with Gasteiger partial charge in [0.15, 0.2) is 0 Å². The Hall–Kier alpha value is -0.570. The first-order valence-corrected chi connectivity index (χ1v) is 4.66. The third-order valence-electron chi connectivity index (χ3n) is 1.48. The van der Waals surface area contributed by atoms with Gasteiger partial charge in [0.25, 0.3) is 0 Å². The second kappa shape index (κ2) is 5.22. The summed E-state index contributed by atoms with van der Waals surface area (Å²) in [7, 11) is 0. The minimum Gasteiger partial charge on any atom is -0.460 e. The van der Waals surface area contributed by atoms with Crippen molar-refractivity contribution in [1.29, 1.82) is 0 Å². The summed E-state index contributed by atoms with van der Waals surface area (Å²) in [5.41, 5.74) is -0.430. The molecule has 0 aliphatic heterocycles. The van der Waals surface area contributed by atoms with Gasteiger partial charge in [0, 0.05) is 6.61 Å². The number of hydrogen-bond acceptors (Lipinski definition) is 3. The van der Waals surface area contributed by atoms with Crippen LogP contribution in [0.15, 0.2) is 0 Å². The maximum absolute atomic E-state index is 11.4. The van der Waals surface area contributed by atoms with Gasteiger partial charge >= 0.3 is 5.97 Å². The highest BCUT2D eigenvalue weighted by Crippen LogP contribution is 2.16. The number of ether oxygens (including phenoxy) is 2. The van der Waals surface area contributed by atoms with Gasteiger partial charge in [-0.25, -0.2) is 0 Å². The van der Waals surface area contributed by atoms with E-state index in [-0.39, 0.29) is 12.1 Å². The average molecular weight is 188 g/mol. The normalized spacial score (nSPS) is 13.9. The Balaban J connectivity index is 3.79. The van der Waals surface area contributed by atoms with Gasteiger partial charge in [0.1, 0.15) is 6.10 Å². The van der Waals surface area contributed by atoms with Gasteiger partial charge in [-0.15, -0.1) is 0 Å². The number of hydrogen-bond donors (Lipinski definition) is 0. The molecule has 1 unspecified atom stereocenters. The maximum Gasteiger partial charge on any atom is 0.311 e. The molecule has 0 aliphatic rings. The van der Waals surface area contributed by atoms with Crippen LogP contribution in [0.1, 0.15) is 34.6 Å². The van der Waals surface area contributed by atoms with Crippen LogP contribution in [0.3, 0.4) is 0 Å². The van der Waals surface area contributed by atoms with Crippen molar-refractivity contribution in [2.75, 3.05) is 13.2 Å². The molecule has 13 heavy (non-hydrogen) atoms. The molecule has 0 N–H and O–H groups in total. The SMILES string of the molecule is CCOCC(C)OC(=O)C(C)(C)C. The fourth-order valence-corrected chi connectivity index (χ4v) is 0.677. The summed E-state index contributed by atoms with van der Waals surface area (Å²) in [6.07, 6.45) is -0.160. The zero-order chi connectivity index (χ0) is 10.5. The van der Waals surface area contributed by atoms with Crippen molar-refractivity contribution >= 4 is 5.97 Å². The van der Waals surface area contributed by atoms with Crippen LogP contribution in [0.4, 0.5) is 0 Å². The highest BCUT2D eigenvalue weighted by atomic mass is 16.6. The number of carbonyl (C=O) groups excluding carboxylic acids is 1. The van der Waals surface area contributed by atoms with E-state index < -0.39 is 5.41 Å². The zero-order valence-corrected chi connectivity index (χ0v) is 9.22. The first-order valence-electron chi connectivity index (χ1n) is 4.66. The second-order valence-electron chi connectivity index (χ2n) is 4.13. The molecule has 0 bridgehead atoms. The fraction of sp³-hybridized carbons (Fsp3) is 0.900. The summed E-state index contributed by atoms with van der Waals surface area (Å²) in [5.74, 6) is -0.181. The molecular formula is C10H20O3.